The Labute approximate surface area is 252 Å². The van der Waals surface area contributed by atoms with Crippen molar-refractivity contribution in [2.45, 2.75) is 91.9 Å². The lowest BCUT2D eigenvalue weighted by atomic mass is 9.95. The van der Waals surface area contributed by atoms with Crippen molar-refractivity contribution in [3.05, 3.63) is 66.2 Å². The molecular weight excluding hydrogens is 524 g/mol. The van der Waals surface area contributed by atoms with Crippen LogP contribution in [-0.4, -0.2) is 65.3 Å². The van der Waals surface area contributed by atoms with E-state index in [9.17, 15) is 14.4 Å². The first kappa shape index (κ1) is 33.1. The molecule has 0 bridgehead atoms. The molecule has 1 unspecified atom stereocenters. The van der Waals surface area contributed by atoms with E-state index in [4.69, 9.17) is 0 Å². The van der Waals surface area contributed by atoms with Crippen molar-refractivity contribution in [1.82, 2.24) is 15.1 Å². The van der Waals surface area contributed by atoms with E-state index in [1.54, 1.807) is 18.9 Å². The second kappa shape index (κ2) is 15.1. The van der Waals surface area contributed by atoms with E-state index in [-0.39, 0.29) is 47.7 Å². The third kappa shape index (κ3) is 8.54. The molecule has 228 valence electrons. The second-order valence-electron chi connectivity index (χ2n) is 12.5. The summed E-state index contributed by atoms with van der Waals surface area (Å²) in [6.45, 7) is 14.9. The molecule has 0 aliphatic carbocycles. The van der Waals surface area contributed by atoms with Gasteiger partial charge in [-0.25, -0.2) is 0 Å². The summed E-state index contributed by atoms with van der Waals surface area (Å²) in [6, 6.07) is 16.9. The van der Waals surface area contributed by atoms with E-state index in [2.05, 4.69) is 29.4 Å². The second-order valence-corrected chi connectivity index (χ2v) is 12.5. The lowest BCUT2D eigenvalue weighted by Gasteiger charge is -2.39. The maximum atomic E-state index is 13.8. The molecule has 7 nitrogen and oxygen atoms in total. The molecule has 0 aromatic heterocycles. The molecule has 2 aromatic rings. The molecule has 1 heterocycles. The van der Waals surface area contributed by atoms with Gasteiger partial charge >= 0.3 is 0 Å². The third-order valence-corrected chi connectivity index (χ3v) is 8.22. The van der Waals surface area contributed by atoms with Crippen molar-refractivity contribution in [3.63, 3.8) is 0 Å². The molecule has 42 heavy (non-hydrogen) atoms. The molecule has 3 rings (SSSR count). The van der Waals surface area contributed by atoms with E-state index in [0.717, 1.165) is 36.9 Å². The van der Waals surface area contributed by atoms with Gasteiger partial charge in [0.15, 0.2) is 0 Å². The number of carbonyl (C=O) groups is 3. The van der Waals surface area contributed by atoms with Gasteiger partial charge in [0.1, 0.15) is 6.04 Å². The van der Waals surface area contributed by atoms with Crippen molar-refractivity contribution in [3.8, 4) is 11.1 Å². The average Bonchev–Trinajstić information content (AvgIpc) is 2.97. The average molecular weight is 575 g/mol. The number of benzene rings is 2. The van der Waals surface area contributed by atoms with Crippen molar-refractivity contribution in [1.29, 1.82) is 0 Å². The van der Waals surface area contributed by atoms with Crippen LogP contribution in [0.25, 0.3) is 11.1 Å². The molecule has 7 heteroatoms. The molecule has 2 aromatic carbocycles. The van der Waals surface area contributed by atoms with E-state index < -0.39 is 6.04 Å². The van der Waals surface area contributed by atoms with Crippen LogP contribution in [0.1, 0.15) is 67.7 Å². The number of piperidine rings is 1. The third-order valence-electron chi connectivity index (χ3n) is 8.22. The first-order valence-electron chi connectivity index (χ1n) is 15.4. The van der Waals surface area contributed by atoms with Gasteiger partial charge in [-0.3, -0.25) is 19.3 Å². The Morgan fingerprint density at radius 3 is 2.19 bits per heavy atom. The van der Waals surface area contributed by atoms with Crippen LogP contribution < -0.4 is 10.6 Å². The van der Waals surface area contributed by atoms with E-state index in [1.807, 2.05) is 88.4 Å². The van der Waals surface area contributed by atoms with Crippen molar-refractivity contribution < 1.29 is 14.4 Å². The number of rotatable bonds is 11. The predicted molar refractivity (Wildman–Crippen MR) is 172 cm³/mol. The maximum Gasteiger partial charge on any atom is 0.251 e. The minimum absolute atomic E-state index is 0.0569. The molecule has 3 amide bonds. The highest BCUT2D eigenvalue weighted by Gasteiger charge is 2.36. The van der Waals surface area contributed by atoms with Crippen molar-refractivity contribution >= 4 is 23.4 Å². The molecule has 2 N–H and O–H groups in total. The van der Waals surface area contributed by atoms with Gasteiger partial charge in [-0.2, -0.15) is 0 Å². The quantitative estimate of drug-likeness (QED) is 0.317. The van der Waals surface area contributed by atoms with Crippen LogP contribution >= 0.6 is 0 Å². The number of carbonyl (C=O) groups excluding carboxylic acids is 3. The zero-order valence-corrected chi connectivity index (χ0v) is 26.7. The fourth-order valence-corrected chi connectivity index (χ4v) is 5.70. The monoisotopic (exact) mass is 574 g/mol. The van der Waals surface area contributed by atoms with Crippen LogP contribution in [0.4, 0.5) is 5.69 Å². The number of likely N-dealkylation sites (N-methyl/N-ethyl adjacent to an activating group) is 1. The van der Waals surface area contributed by atoms with Gasteiger partial charge < -0.3 is 15.5 Å². The largest absolute Gasteiger partial charge is 0.343 e. The lowest BCUT2D eigenvalue weighted by molar-refractivity contribution is -0.140. The smallest absolute Gasteiger partial charge is 0.251 e. The summed E-state index contributed by atoms with van der Waals surface area (Å²) in [5.74, 6) is -0.469. The maximum absolute atomic E-state index is 13.8. The number of amides is 3. The fourth-order valence-electron chi connectivity index (χ4n) is 5.70. The van der Waals surface area contributed by atoms with Gasteiger partial charge in [-0.15, -0.1) is 0 Å². The Morgan fingerprint density at radius 1 is 0.905 bits per heavy atom. The molecule has 0 saturated carbocycles. The molecule has 1 aliphatic heterocycles. The zero-order chi connectivity index (χ0) is 31.0. The summed E-state index contributed by atoms with van der Waals surface area (Å²) in [7, 11) is 1.76. The van der Waals surface area contributed by atoms with Crippen LogP contribution in [-0.2, 0) is 14.4 Å². The van der Waals surface area contributed by atoms with Gasteiger partial charge in [-0.1, -0.05) is 82.7 Å². The number of likely N-dealkylation sites (tertiary alicyclic amines) is 1. The zero-order valence-electron chi connectivity index (χ0n) is 26.7. The first-order valence-corrected chi connectivity index (χ1v) is 15.4. The van der Waals surface area contributed by atoms with Crippen LogP contribution in [0.3, 0.4) is 0 Å². The number of nitrogens with one attached hydrogen (secondary N) is 2. The number of hydrogen-bond acceptors (Lipinski definition) is 4. The molecule has 3 atom stereocenters. The van der Waals surface area contributed by atoms with Gasteiger partial charge in [0.2, 0.25) is 11.8 Å². The summed E-state index contributed by atoms with van der Waals surface area (Å²) < 4.78 is 0. The van der Waals surface area contributed by atoms with Crippen molar-refractivity contribution in [2.75, 3.05) is 18.9 Å². The van der Waals surface area contributed by atoms with Crippen LogP contribution in [0.2, 0.25) is 0 Å². The van der Waals surface area contributed by atoms with E-state index >= 15 is 0 Å². The van der Waals surface area contributed by atoms with E-state index in [0.29, 0.717) is 11.3 Å². The van der Waals surface area contributed by atoms with Crippen LogP contribution in [0, 0.1) is 11.8 Å². The molecule has 0 spiro atoms. The summed E-state index contributed by atoms with van der Waals surface area (Å²) >= 11 is 0. The highest BCUT2D eigenvalue weighted by molar-refractivity contribution is 6.03. The topological polar surface area (TPSA) is 81.8 Å². The normalized spacial score (nSPS) is 17.7. The SMILES string of the molecule is C/C(=C\C(C(C)C)N(C)C(=O)[C@@H](NC(=O)[C@H]1CCCCN1C(C)C)C(C)C)C(=O)Nc1cccc(-c2ccccc2)c1. The summed E-state index contributed by atoms with van der Waals surface area (Å²) in [5, 5.41) is 6.11. The number of anilines is 1. The minimum atomic E-state index is -0.650. The Morgan fingerprint density at radius 2 is 1.57 bits per heavy atom. The Kier molecular flexibility index (Phi) is 11.9. The molecule has 1 fully saturated rings. The molecule has 1 aliphatic rings. The highest BCUT2D eigenvalue weighted by Crippen LogP contribution is 2.24. The summed E-state index contributed by atoms with van der Waals surface area (Å²) in [6.07, 6.45) is 4.77. The standard InChI is InChI=1S/C35H50N4O3/c1-23(2)31(21-26(7)33(40)36-29-18-14-17-28(22-29)27-15-10-9-11-16-27)38(8)35(42)32(24(3)4)37-34(41)30-19-12-13-20-39(30)25(5)6/h9-11,14-18,21-25,30-32H,12-13,19-20H2,1-8H3,(H,36,40)(H,37,41)/b26-21+/t30-,31?,32+/m1/s1. The summed E-state index contributed by atoms with van der Waals surface area (Å²) in [4.78, 5) is 44.4. The van der Waals surface area contributed by atoms with Gasteiger partial charge in [0.25, 0.3) is 5.91 Å². The lowest BCUT2D eigenvalue weighted by Crippen LogP contribution is -2.58. The Balaban J connectivity index is 1.74. The minimum Gasteiger partial charge on any atom is -0.343 e. The molecular formula is C35H50N4O3. The Hall–Kier alpha value is -3.45. The molecule has 0 radical (unpaired) electrons. The van der Waals surface area contributed by atoms with E-state index in [1.165, 1.54) is 0 Å². The van der Waals surface area contributed by atoms with Gasteiger partial charge in [0, 0.05) is 24.4 Å². The van der Waals surface area contributed by atoms with Crippen molar-refractivity contribution in [2.24, 2.45) is 11.8 Å². The molecule has 1 saturated heterocycles. The predicted octanol–water partition coefficient (Wildman–Crippen LogP) is 6.13. The number of nitrogens with zero attached hydrogens (tertiary/aromatic N) is 2. The Bertz CT molecular complexity index is 1240. The number of hydrogen-bond donors (Lipinski definition) is 2. The van der Waals surface area contributed by atoms with Crippen LogP contribution in [0.15, 0.2) is 66.2 Å². The summed E-state index contributed by atoms with van der Waals surface area (Å²) in [5.41, 5.74) is 3.33. The van der Waals surface area contributed by atoms with Gasteiger partial charge in [0.05, 0.1) is 12.1 Å². The van der Waals surface area contributed by atoms with Gasteiger partial charge in [-0.05, 0) is 75.3 Å². The highest BCUT2D eigenvalue weighted by atomic mass is 16.2. The van der Waals surface area contributed by atoms with Crippen LogP contribution in [0.5, 0.6) is 0 Å². The first-order chi connectivity index (χ1) is 19.9. The fraction of sp³-hybridized carbons (Fsp3) is 0.514.